The van der Waals surface area contributed by atoms with Crippen molar-refractivity contribution in [3.63, 3.8) is 0 Å². The molecule has 19 heavy (non-hydrogen) atoms. The first-order chi connectivity index (χ1) is 9.19. The van der Waals surface area contributed by atoms with Crippen molar-refractivity contribution >= 4 is 11.8 Å². The predicted octanol–water partition coefficient (Wildman–Crippen LogP) is 3.16. The molecule has 2 atom stereocenters. The topological polar surface area (TPSA) is 64.9 Å². The van der Waals surface area contributed by atoms with E-state index in [0.29, 0.717) is 17.1 Å². The Hall–Kier alpha value is -0.550. The highest BCUT2D eigenvalue weighted by molar-refractivity contribution is 7.99. The number of nitrogens with zero attached hydrogens (tertiary/aromatic N) is 2. The summed E-state index contributed by atoms with van der Waals surface area (Å²) in [5.74, 6) is 2.99. The average Bonchev–Trinajstić information content (AvgIpc) is 3.07. The highest BCUT2D eigenvalue weighted by Crippen LogP contribution is 2.28. The monoisotopic (exact) mass is 283 g/mol. The Balaban J connectivity index is 1.79. The van der Waals surface area contributed by atoms with E-state index in [0.717, 1.165) is 18.0 Å². The molecule has 0 aromatic carbocycles. The van der Waals surface area contributed by atoms with Gasteiger partial charge in [-0.1, -0.05) is 31.8 Å². The number of rotatable bonds is 7. The van der Waals surface area contributed by atoms with Crippen LogP contribution in [0.25, 0.3) is 0 Å². The van der Waals surface area contributed by atoms with Gasteiger partial charge in [0.1, 0.15) is 0 Å². The Bertz CT molecular complexity index is 377. The molecule has 0 spiro atoms. The van der Waals surface area contributed by atoms with Crippen LogP contribution < -0.4 is 5.73 Å². The predicted molar refractivity (Wildman–Crippen MR) is 79.0 cm³/mol. The minimum atomic E-state index is 0.179. The van der Waals surface area contributed by atoms with Crippen molar-refractivity contribution in [1.29, 1.82) is 0 Å². The molecule has 0 aliphatic heterocycles. The molecule has 2 unspecified atom stereocenters. The molecule has 1 saturated carbocycles. The van der Waals surface area contributed by atoms with Gasteiger partial charge in [-0.3, -0.25) is 0 Å². The van der Waals surface area contributed by atoms with Crippen LogP contribution in [0, 0.1) is 5.92 Å². The van der Waals surface area contributed by atoms with Crippen LogP contribution in [-0.2, 0) is 12.2 Å². The normalized spacial score (nSPS) is 19.7. The Morgan fingerprint density at radius 2 is 2.16 bits per heavy atom. The van der Waals surface area contributed by atoms with Gasteiger partial charge in [-0.2, -0.15) is 16.7 Å². The van der Waals surface area contributed by atoms with E-state index < -0.39 is 0 Å². The van der Waals surface area contributed by atoms with Crippen molar-refractivity contribution in [2.45, 2.75) is 69.4 Å². The van der Waals surface area contributed by atoms with Gasteiger partial charge >= 0.3 is 0 Å². The molecule has 2 N–H and O–H groups in total. The van der Waals surface area contributed by atoms with Gasteiger partial charge in [-0.25, -0.2) is 0 Å². The first kappa shape index (κ1) is 14.9. The molecule has 4 nitrogen and oxygen atoms in total. The first-order valence-corrected chi connectivity index (χ1v) is 8.42. The fraction of sp³-hybridized carbons (Fsp3) is 0.857. The minimum Gasteiger partial charge on any atom is -0.339 e. The van der Waals surface area contributed by atoms with Gasteiger partial charge in [-0.05, 0) is 25.2 Å². The van der Waals surface area contributed by atoms with Crippen LogP contribution in [0.15, 0.2) is 4.52 Å². The maximum atomic E-state index is 6.23. The largest absolute Gasteiger partial charge is 0.339 e. The van der Waals surface area contributed by atoms with Crippen LogP contribution >= 0.6 is 11.8 Å². The summed E-state index contributed by atoms with van der Waals surface area (Å²) in [4.78, 5) is 4.45. The highest BCUT2D eigenvalue weighted by atomic mass is 32.2. The molecule has 1 aromatic heterocycles. The van der Waals surface area contributed by atoms with Crippen molar-refractivity contribution in [1.82, 2.24) is 10.1 Å². The summed E-state index contributed by atoms with van der Waals surface area (Å²) in [6.45, 7) is 4.42. The summed E-state index contributed by atoms with van der Waals surface area (Å²) < 4.78 is 5.31. The lowest BCUT2D eigenvalue weighted by Crippen LogP contribution is -2.30. The molecule has 5 heteroatoms. The van der Waals surface area contributed by atoms with Gasteiger partial charge in [0.15, 0.2) is 5.82 Å². The van der Waals surface area contributed by atoms with Gasteiger partial charge in [-0.15, -0.1) is 0 Å². The summed E-state index contributed by atoms with van der Waals surface area (Å²) in [7, 11) is 0. The summed E-state index contributed by atoms with van der Waals surface area (Å²) in [5, 5.41) is 4.68. The molecule has 1 heterocycles. The van der Waals surface area contributed by atoms with Crippen LogP contribution in [0.5, 0.6) is 0 Å². The molecule has 1 aromatic rings. The lowest BCUT2D eigenvalue weighted by atomic mass is 9.96. The molecule has 0 amide bonds. The molecule has 0 radical (unpaired) electrons. The lowest BCUT2D eigenvalue weighted by molar-refractivity contribution is 0.339. The quantitative estimate of drug-likeness (QED) is 0.832. The molecule has 0 bridgehead atoms. The Morgan fingerprint density at radius 1 is 1.42 bits per heavy atom. The van der Waals surface area contributed by atoms with E-state index in [2.05, 4.69) is 24.0 Å². The zero-order chi connectivity index (χ0) is 13.7. The summed E-state index contributed by atoms with van der Waals surface area (Å²) >= 11 is 1.87. The van der Waals surface area contributed by atoms with Gasteiger partial charge in [0.05, 0.1) is 5.75 Å². The SMILES string of the molecule is CCC(C)SCc1noc(CC(N)C2CCCC2)n1. The molecular formula is C14H25N3OS. The fourth-order valence-corrected chi connectivity index (χ4v) is 3.31. The van der Waals surface area contributed by atoms with Gasteiger partial charge in [0.25, 0.3) is 0 Å². The summed E-state index contributed by atoms with van der Waals surface area (Å²) in [5.41, 5.74) is 6.23. The third-order valence-electron chi connectivity index (χ3n) is 4.00. The Labute approximate surface area is 119 Å². The molecule has 108 valence electrons. The summed E-state index contributed by atoms with van der Waals surface area (Å²) in [6.07, 6.45) is 7.05. The second-order valence-electron chi connectivity index (χ2n) is 5.55. The van der Waals surface area contributed by atoms with Crippen molar-refractivity contribution < 1.29 is 4.52 Å². The van der Waals surface area contributed by atoms with Crippen LogP contribution in [0.3, 0.4) is 0 Å². The van der Waals surface area contributed by atoms with E-state index in [4.69, 9.17) is 10.3 Å². The first-order valence-electron chi connectivity index (χ1n) is 7.37. The molecule has 2 rings (SSSR count). The van der Waals surface area contributed by atoms with Gasteiger partial charge in [0, 0.05) is 17.7 Å². The number of hydrogen-bond acceptors (Lipinski definition) is 5. The molecule has 1 fully saturated rings. The Morgan fingerprint density at radius 3 is 2.84 bits per heavy atom. The van der Waals surface area contributed by atoms with Crippen molar-refractivity contribution in [2.24, 2.45) is 11.7 Å². The van der Waals surface area contributed by atoms with E-state index in [1.807, 2.05) is 11.8 Å². The summed E-state index contributed by atoms with van der Waals surface area (Å²) in [6, 6.07) is 0.179. The number of hydrogen-bond donors (Lipinski definition) is 1. The van der Waals surface area contributed by atoms with E-state index >= 15 is 0 Å². The fourth-order valence-electron chi connectivity index (χ4n) is 2.52. The van der Waals surface area contributed by atoms with E-state index in [-0.39, 0.29) is 6.04 Å². The third kappa shape index (κ3) is 4.49. The zero-order valence-electron chi connectivity index (χ0n) is 12.0. The number of aromatic nitrogens is 2. The van der Waals surface area contributed by atoms with Crippen LogP contribution in [0.2, 0.25) is 0 Å². The van der Waals surface area contributed by atoms with Crippen LogP contribution in [0.4, 0.5) is 0 Å². The number of thioether (sulfide) groups is 1. The zero-order valence-corrected chi connectivity index (χ0v) is 12.8. The maximum Gasteiger partial charge on any atom is 0.228 e. The van der Waals surface area contributed by atoms with Gasteiger partial charge in [0.2, 0.25) is 5.89 Å². The van der Waals surface area contributed by atoms with Crippen molar-refractivity contribution in [3.05, 3.63) is 11.7 Å². The van der Waals surface area contributed by atoms with E-state index in [1.165, 1.54) is 32.1 Å². The highest BCUT2D eigenvalue weighted by Gasteiger charge is 2.24. The average molecular weight is 283 g/mol. The van der Waals surface area contributed by atoms with Crippen molar-refractivity contribution in [3.8, 4) is 0 Å². The van der Waals surface area contributed by atoms with E-state index in [9.17, 15) is 0 Å². The lowest BCUT2D eigenvalue weighted by Gasteiger charge is -2.16. The molecule has 1 aliphatic rings. The Kier molecular flexibility index (Phi) is 5.70. The molecule has 1 aliphatic carbocycles. The van der Waals surface area contributed by atoms with Gasteiger partial charge < -0.3 is 10.3 Å². The van der Waals surface area contributed by atoms with Crippen LogP contribution in [0.1, 0.15) is 57.7 Å². The third-order valence-corrected chi connectivity index (χ3v) is 5.32. The number of nitrogens with two attached hydrogens (primary N) is 1. The standard InChI is InChI=1S/C14H25N3OS/c1-3-10(2)19-9-13-16-14(18-17-13)8-12(15)11-6-4-5-7-11/h10-12H,3-9,15H2,1-2H3. The second kappa shape index (κ2) is 7.29. The smallest absolute Gasteiger partial charge is 0.228 e. The minimum absolute atomic E-state index is 0.179. The maximum absolute atomic E-state index is 6.23. The second-order valence-corrected chi connectivity index (χ2v) is 6.97. The molecular weight excluding hydrogens is 258 g/mol. The molecule has 0 saturated heterocycles. The van der Waals surface area contributed by atoms with E-state index in [1.54, 1.807) is 0 Å². The van der Waals surface area contributed by atoms with Crippen LogP contribution in [-0.4, -0.2) is 21.4 Å². The van der Waals surface area contributed by atoms with Crippen molar-refractivity contribution in [2.75, 3.05) is 0 Å².